The Morgan fingerprint density at radius 3 is 2.92 bits per heavy atom. The van der Waals surface area contributed by atoms with Gasteiger partial charge in [-0.25, -0.2) is 14.7 Å². The van der Waals surface area contributed by atoms with Crippen LogP contribution in [-0.4, -0.2) is 33.3 Å². The Morgan fingerprint density at radius 1 is 1.40 bits per heavy atom. The highest BCUT2D eigenvalue weighted by Crippen LogP contribution is 2.13. The normalized spacial score (nSPS) is 16.8. The molecule has 1 aromatic heterocycles. The standard InChI is InChI=1S/C18H23N7/c1-3-20-18(21-11-15-6-4-14(10-19)5-7-15)23-16-8-9-17-22-13(2)24-25(17)12-16/h4-7,16H,3,8-9,11-12H2,1-2H3,(H2,20,21,23). The highest BCUT2D eigenvalue weighted by Gasteiger charge is 2.21. The summed E-state index contributed by atoms with van der Waals surface area (Å²) in [6.45, 7) is 6.16. The van der Waals surface area contributed by atoms with Crippen LogP contribution in [0.5, 0.6) is 0 Å². The van der Waals surface area contributed by atoms with Gasteiger partial charge in [0.15, 0.2) is 5.96 Å². The second kappa shape index (κ2) is 7.79. The van der Waals surface area contributed by atoms with Crippen LogP contribution < -0.4 is 10.6 Å². The smallest absolute Gasteiger partial charge is 0.191 e. The van der Waals surface area contributed by atoms with E-state index in [0.717, 1.165) is 49.1 Å². The number of hydrogen-bond acceptors (Lipinski definition) is 4. The van der Waals surface area contributed by atoms with Crippen molar-refractivity contribution in [1.29, 1.82) is 5.26 Å². The molecule has 25 heavy (non-hydrogen) atoms. The lowest BCUT2D eigenvalue weighted by molar-refractivity contribution is 0.392. The molecule has 0 saturated heterocycles. The molecule has 0 bridgehead atoms. The molecule has 1 aliphatic rings. The quantitative estimate of drug-likeness (QED) is 0.652. The fourth-order valence-corrected chi connectivity index (χ4v) is 2.92. The van der Waals surface area contributed by atoms with E-state index in [-0.39, 0.29) is 6.04 Å². The van der Waals surface area contributed by atoms with E-state index in [1.54, 1.807) is 0 Å². The minimum atomic E-state index is 0.285. The maximum Gasteiger partial charge on any atom is 0.191 e. The molecule has 0 aliphatic carbocycles. The summed E-state index contributed by atoms with van der Waals surface area (Å²) in [7, 11) is 0. The average molecular weight is 337 g/mol. The van der Waals surface area contributed by atoms with Gasteiger partial charge in [-0.15, -0.1) is 0 Å². The SMILES string of the molecule is CCNC(=NCc1ccc(C#N)cc1)NC1CCc2nc(C)nn2C1. The van der Waals surface area contributed by atoms with E-state index < -0.39 is 0 Å². The Morgan fingerprint density at radius 2 is 2.20 bits per heavy atom. The third kappa shape index (κ3) is 4.35. The van der Waals surface area contributed by atoms with E-state index in [0.29, 0.717) is 12.1 Å². The number of fused-ring (bicyclic) bond motifs is 1. The van der Waals surface area contributed by atoms with Crippen LogP contribution >= 0.6 is 0 Å². The summed E-state index contributed by atoms with van der Waals surface area (Å²) in [5.74, 6) is 2.70. The molecule has 1 atom stereocenters. The molecule has 2 heterocycles. The first-order valence-electron chi connectivity index (χ1n) is 8.62. The van der Waals surface area contributed by atoms with Crippen molar-refractivity contribution in [2.45, 2.75) is 45.8 Å². The summed E-state index contributed by atoms with van der Waals surface area (Å²) in [5, 5.41) is 20.1. The number of guanidine groups is 1. The topological polar surface area (TPSA) is 90.9 Å². The Bertz CT molecular complexity index is 783. The Labute approximate surface area is 147 Å². The molecular formula is C18H23N7. The molecule has 0 spiro atoms. The largest absolute Gasteiger partial charge is 0.357 e. The van der Waals surface area contributed by atoms with Gasteiger partial charge in [-0.1, -0.05) is 12.1 Å². The number of hydrogen-bond donors (Lipinski definition) is 2. The summed E-state index contributed by atoms with van der Waals surface area (Å²) < 4.78 is 1.99. The number of rotatable bonds is 4. The van der Waals surface area contributed by atoms with Gasteiger partial charge in [0, 0.05) is 19.0 Å². The molecule has 0 radical (unpaired) electrons. The lowest BCUT2D eigenvalue weighted by Gasteiger charge is -2.25. The predicted molar refractivity (Wildman–Crippen MR) is 96.0 cm³/mol. The molecule has 1 unspecified atom stereocenters. The number of benzene rings is 1. The summed E-state index contributed by atoms with van der Waals surface area (Å²) in [5.41, 5.74) is 1.74. The Hall–Kier alpha value is -2.88. The highest BCUT2D eigenvalue weighted by atomic mass is 15.4. The lowest BCUT2D eigenvalue weighted by Crippen LogP contribution is -2.47. The van der Waals surface area contributed by atoms with Crippen molar-refractivity contribution in [3.8, 4) is 6.07 Å². The van der Waals surface area contributed by atoms with Crippen molar-refractivity contribution < 1.29 is 0 Å². The van der Waals surface area contributed by atoms with Gasteiger partial charge >= 0.3 is 0 Å². The van der Waals surface area contributed by atoms with Crippen molar-refractivity contribution >= 4 is 5.96 Å². The van der Waals surface area contributed by atoms with Crippen LogP contribution in [0, 0.1) is 18.3 Å². The molecule has 7 heteroatoms. The van der Waals surface area contributed by atoms with Crippen LogP contribution in [0.15, 0.2) is 29.3 Å². The Balaban J connectivity index is 1.63. The molecule has 1 aromatic carbocycles. The van der Waals surface area contributed by atoms with Crippen molar-refractivity contribution in [3.63, 3.8) is 0 Å². The number of aryl methyl sites for hydroxylation is 2. The fraction of sp³-hybridized carbons (Fsp3) is 0.444. The van der Waals surface area contributed by atoms with Crippen LogP contribution in [0.3, 0.4) is 0 Å². The minimum absolute atomic E-state index is 0.285. The first kappa shape index (κ1) is 17.0. The second-order valence-electron chi connectivity index (χ2n) is 6.14. The van der Waals surface area contributed by atoms with Gasteiger partial charge in [0.2, 0.25) is 0 Å². The molecule has 2 aromatic rings. The van der Waals surface area contributed by atoms with Crippen LogP contribution in [0.4, 0.5) is 0 Å². The molecule has 130 valence electrons. The van der Waals surface area contributed by atoms with Gasteiger partial charge in [-0.3, -0.25) is 0 Å². The van der Waals surface area contributed by atoms with Gasteiger partial charge in [0.05, 0.1) is 24.7 Å². The van der Waals surface area contributed by atoms with Gasteiger partial charge < -0.3 is 10.6 Å². The van der Waals surface area contributed by atoms with Crippen LogP contribution in [-0.2, 0) is 19.5 Å². The minimum Gasteiger partial charge on any atom is -0.357 e. The van der Waals surface area contributed by atoms with Crippen molar-refractivity contribution in [1.82, 2.24) is 25.4 Å². The average Bonchev–Trinajstić information content (AvgIpc) is 2.99. The molecule has 0 amide bonds. The predicted octanol–water partition coefficient (Wildman–Crippen LogP) is 1.53. The third-order valence-corrected chi connectivity index (χ3v) is 4.15. The molecule has 1 aliphatic heterocycles. The molecule has 7 nitrogen and oxygen atoms in total. The van der Waals surface area contributed by atoms with Crippen LogP contribution in [0.25, 0.3) is 0 Å². The number of nitriles is 1. The van der Waals surface area contributed by atoms with Gasteiger partial charge in [-0.05, 0) is 38.0 Å². The van der Waals surface area contributed by atoms with Gasteiger partial charge in [-0.2, -0.15) is 10.4 Å². The number of aromatic nitrogens is 3. The van der Waals surface area contributed by atoms with E-state index in [2.05, 4.69) is 38.7 Å². The van der Waals surface area contributed by atoms with E-state index in [1.165, 1.54) is 0 Å². The monoisotopic (exact) mass is 337 g/mol. The number of aliphatic imine (C=N–C) groups is 1. The zero-order valence-electron chi connectivity index (χ0n) is 14.7. The zero-order valence-corrected chi connectivity index (χ0v) is 14.7. The summed E-state index contributed by atoms with van der Waals surface area (Å²) >= 11 is 0. The molecule has 2 N–H and O–H groups in total. The van der Waals surface area contributed by atoms with E-state index in [4.69, 9.17) is 5.26 Å². The third-order valence-electron chi connectivity index (χ3n) is 4.15. The molecule has 3 rings (SSSR count). The number of nitrogens with one attached hydrogen (secondary N) is 2. The maximum absolute atomic E-state index is 8.86. The zero-order chi connectivity index (χ0) is 17.6. The number of nitrogens with zero attached hydrogens (tertiary/aromatic N) is 5. The summed E-state index contributed by atoms with van der Waals surface area (Å²) in [6, 6.07) is 9.94. The first-order valence-corrected chi connectivity index (χ1v) is 8.62. The summed E-state index contributed by atoms with van der Waals surface area (Å²) in [4.78, 5) is 9.11. The molecule has 0 saturated carbocycles. The summed E-state index contributed by atoms with van der Waals surface area (Å²) in [6.07, 6.45) is 1.94. The lowest BCUT2D eigenvalue weighted by atomic mass is 10.1. The van der Waals surface area contributed by atoms with E-state index >= 15 is 0 Å². The van der Waals surface area contributed by atoms with Gasteiger partial charge in [0.1, 0.15) is 11.6 Å². The van der Waals surface area contributed by atoms with Crippen LogP contribution in [0.1, 0.15) is 36.1 Å². The maximum atomic E-state index is 8.86. The first-order chi connectivity index (χ1) is 12.2. The van der Waals surface area contributed by atoms with Gasteiger partial charge in [0.25, 0.3) is 0 Å². The Kier molecular flexibility index (Phi) is 5.29. The van der Waals surface area contributed by atoms with Crippen molar-refractivity contribution in [2.24, 2.45) is 4.99 Å². The van der Waals surface area contributed by atoms with Crippen LogP contribution in [0.2, 0.25) is 0 Å². The molecular weight excluding hydrogens is 314 g/mol. The van der Waals surface area contributed by atoms with E-state index in [9.17, 15) is 0 Å². The molecule has 0 fully saturated rings. The second-order valence-corrected chi connectivity index (χ2v) is 6.14. The van der Waals surface area contributed by atoms with E-state index in [1.807, 2.05) is 35.9 Å². The van der Waals surface area contributed by atoms with Crippen molar-refractivity contribution in [2.75, 3.05) is 6.54 Å². The van der Waals surface area contributed by atoms with Crippen molar-refractivity contribution in [3.05, 3.63) is 47.0 Å². The highest BCUT2D eigenvalue weighted by molar-refractivity contribution is 5.80. The fourth-order valence-electron chi connectivity index (χ4n) is 2.92.